The molecule has 2 aliphatic rings. The summed E-state index contributed by atoms with van der Waals surface area (Å²) in [7, 11) is 0. The van der Waals surface area contributed by atoms with E-state index in [2.05, 4.69) is 22.1 Å². The smallest absolute Gasteiger partial charge is 0.255 e. The summed E-state index contributed by atoms with van der Waals surface area (Å²) < 4.78 is 5.83. The molecule has 1 unspecified atom stereocenters. The maximum absolute atomic E-state index is 13.0. The maximum Gasteiger partial charge on any atom is 0.255 e. The molecule has 2 aliphatic heterocycles. The molecule has 148 valence electrons. The van der Waals surface area contributed by atoms with E-state index < -0.39 is 0 Å². The number of piperidine rings is 2. The minimum absolute atomic E-state index is 0. The Labute approximate surface area is 172 Å². The van der Waals surface area contributed by atoms with E-state index >= 15 is 0 Å². The number of benzene rings is 1. The minimum Gasteiger partial charge on any atom is -0.477 e. The Balaban J connectivity index is 0.00000261. The molecule has 0 spiro atoms. The fourth-order valence-electron chi connectivity index (χ4n) is 3.88. The van der Waals surface area contributed by atoms with Crippen LogP contribution in [0.25, 0.3) is 0 Å². The number of carbonyl (C=O) groups excluding carboxylic acids is 1. The monoisotopic (exact) mass is 411 g/mol. The number of nitrogens with two attached hydrogens (primary N) is 1. The Kier molecular flexibility index (Phi) is 7.67. The summed E-state index contributed by atoms with van der Waals surface area (Å²) in [6.07, 6.45) is 3.00. The van der Waals surface area contributed by atoms with E-state index in [-0.39, 0.29) is 30.5 Å². The number of rotatable bonds is 4. The molecule has 0 aromatic heterocycles. The maximum atomic E-state index is 13.0. The van der Waals surface area contributed by atoms with Crippen molar-refractivity contribution in [3.05, 3.63) is 22.7 Å². The standard InChI is InChI=1S/C20H26ClN3O2.ClH/c1-3-5-13(2)26-19-11-17(22)16(21)10-15(19)20(25)23-18-7-9-24-8-4-6-14(18)12-24;/h10-11,13-14,18H,4,6-9,12,22H2,1-2H3,(H,23,25);1H/t13-,14-,18-;/m0./s1. The zero-order valence-corrected chi connectivity index (χ0v) is 17.3. The number of carbonyl (C=O) groups is 1. The second kappa shape index (κ2) is 9.54. The number of nitrogen functional groups attached to an aromatic ring is 1. The molecular weight excluding hydrogens is 385 g/mol. The first kappa shape index (κ1) is 21.7. The van der Waals surface area contributed by atoms with E-state index in [0.29, 0.717) is 27.9 Å². The van der Waals surface area contributed by atoms with Gasteiger partial charge < -0.3 is 20.7 Å². The minimum atomic E-state index is -0.339. The lowest BCUT2D eigenvalue weighted by molar-refractivity contribution is 0.0736. The molecule has 2 fully saturated rings. The zero-order valence-electron chi connectivity index (χ0n) is 15.8. The van der Waals surface area contributed by atoms with Gasteiger partial charge in [-0.15, -0.1) is 18.3 Å². The van der Waals surface area contributed by atoms with Gasteiger partial charge in [0.15, 0.2) is 6.10 Å². The molecule has 2 heterocycles. The van der Waals surface area contributed by atoms with Crippen molar-refractivity contribution in [2.75, 3.05) is 25.4 Å². The van der Waals surface area contributed by atoms with E-state index in [9.17, 15) is 4.79 Å². The Bertz CT molecular complexity index is 745. The lowest BCUT2D eigenvalue weighted by Crippen LogP contribution is -2.53. The van der Waals surface area contributed by atoms with Gasteiger partial charge in [0.2, 0.25) is 0 Å². The summed E-state index contributed by atoms with van der Waals surface area (Å²) in [6, 6.07) is 3.38. The van der Waals surface area contributed by atoms with Crippen LogP contribution < -0.4 is 15.8 Å². The van der Waals surface area contributed by atoms with Crippen LogP contribution in [-0.4, -0.2) is 42.6 Å². The van der Waals surface area contributed by atoms with Gasteiger partial charge in [0.1, 0.15) is 5.75 Å². The van der Waals surface area contributed by atoms with Crippen molar-refractivity contribution in [3.63, 3.8) is 0 Å². The van der Waals surface area contributed by atoms with E-state index in [1.54, 1.807) is 19.1 Å². The third kappa shape index (κ3) is 5.22. The summed E-state index contributed by atoms with van der Waals surface area (Å²) in [5, 5.41) is 3.55. The Morgan fingerprint density at radius 2 is 2.19 bits per heavy atom. The fourth-order valence-corrected chi connectivity index (χ4v) is 4.05. The highest BCUT2D eigenvalue weighted by Crippen LogP contribution is 2.31. The van der Waals surface area contributed by atoms with Crippen molar-refractivity contribution in [1.29, 1.82) is 0 Å². The topological polar surface area (TPSA) is 67.6 Å². The van der Waals surface area contributed by atoms with Crippen LogP contribution in [0, 0.1) is 17.8 Å². The number of amides is 1. The number of nitrogens with zero attached hydrogens (tertiary/aromatic N) is 1. The van der Waals surface area contributed by atoms with Crippen LogP contribution >= 0.6 is 24.0 Å². The first-order valence-corrected chi connectivity index (χ1v) is 9.57. The normalized spacial score (nSPS) is 24.6. The van der Waals surface area contributed by atoms with Crippen molar-refractivity contribution in [3.8, 4) is 17.6 Å². The summed E-state index contributed by atoms with van der Waals surface area (Å²) in [5.74, 6) is 6.50. The van der Waals surface area contributed by atoms with Crippen LogP contribution in [0.4, 0.5) is 5.69 Å². The number of ether oxygens (including phenoxy) is 1. The highest BCUT2D eigenvalue weighted by molar-refractivity contribution is 6.33. The average molecular weight is 412 g/mol. The Morgan fingerprint density at radius 3 is 2.93 bits per heavy atom. The fraction of sp³-hybridized carbons (Fsp3) is 0.550. The first-order valence-electron chi connectivity index (χ1n) is 9.19. The van der Waals surface area contributed by atoms with Gasteiger partial charge in [-0.1, -0.05) is 17.5 Å². The van der Waals surface area contributed by atoms with Crippen molar-refractivity contribution in [2.24, 2.45) is 5.92 Å². The van der Waals surface area contributed by atoms with Crippen molar-refractivity contribution >= 4 is 35.6 Å². The second-order valence-corrected chi connectivity index (χ2v) is 7.50. The molecule has 0 radical (unpaired) electrons. The average Bonchev–Trinajstić information content (AvgIpc) is 2.61. The number of hydrogen-bond donors (Lipinski definition) is 2. The largest absolute Gasteiger partial charge is 0.477 e. The predicted octanol–water partition coefficient (Wildman–Crippen LogP) is 3.35. The molecule has 3 rings (SSSR count). The summed E-state index contributed by atoms with van der Waals surface area (Å²) in [6.45, 7) is 6.87. The highest BCUT2D eigenvalue weighted by atomic mass is 35.5. The van der Waals surface area contributed by atoms with Crippen LogP contribution in [-0.2, 0) is 0 Å². The molecular formula is C20H27Cl2N3O2. The van der Waals surface area contributed by atoms with Crippen LogP contribution in [0.3, 0.4) is 0 Å². The molecule has 27 heavy (non-hydrogen) atoms. The summed E-state index contributed by atoms with van der Waals surface area (Å²) in [5.41, 5.74) is 6.70. The lowest BCUT2D eigenvalue weighted by Gasteiger charge is -2.42. The number of nitrogens with one attached hydrogen (secondary N) is 1. The highest BCUT2D eigenvalue weighted by Gasteiger charge is 2.33. The molecule has 4 atom stereocenters. The van der Waals surface area contributed by atoms with E-state index in [1.807, 2.05) is 6.92 Å². The summed E-state index contributed by atoms with van der Waals surface area (Å²) in [4.78, 5) is 15.4. The third-order valence-corrected chi connectivity index (χ3v) is 5.51. The van der Waals surface area contributed by atoms with Crippen LogP contribution in [0.2, 0.25) is 5.02 Å². The number of fused-ring (bicyclic) bond motifs is 2. The molecule has 7 heteroatoms. The molecule has 1 amide bonds. The number of halogens is 2. The molecule has 0 aliphatic carbocycles. The van der Waals surface area contributed by atoms with Gasteiger partial charge in [0, 0.05) is 25.2 Å². The van der Waals surface area contributed by atoms with Gasteiger partial charge >= 0.3 is 0 Å². The number of anilines is 1. The summed E-state index contributed by atoms with van der Waals surface area (Å²) >= 11 is 6.16. The van der Waals surface area contributed by atoms with Gasteiger partial charge in [0.25, 0.3) is 5.91 Å². The first-order chi connectivity index (χ1) is 12.5. The van der Waals surface area contributed by atoms with Crippen molar-refractivity contribution in [2.45, 2.75) is 45.3 Å². The van der Waals surface area contributed by atoms with E-state index in [4.69, 9.17) is 22.1 Å². The van der Waals surface area contributed by atoms with Crippen molar-refractivity contribution in [1.82, 2.24) is 10.2 Å². The Morgan fingerprint density at radius 1 is 1.41 bits per heavy atom. The Hall–Kier alpha value is -1.61. The van der Waals surface area contributed by atoms with Gasteiger partial charge in [0.05, 0.1) is 16.3 Å². The lowest BCUT2D eigenvalue weighted by atomic mass is 9.85. The van der Waals surface area contributed by atoms with Gasteiger partial charge in [-0.05, 0) is 51.6 Å². The molecule has 0 saturated carbocycles. The molecule has 1 aromatic carbocycles. The van der Waals surface area contributed by atoms with E-state index in [1.165, 1.54) is 13.0 Å². The number of hydrogen-bond acceptors (Lipinski definition) is 4. The zero-order chi connectivity index (χ0) is 18.7. The molecule has 2 saturated heterocycles. The second-order valence-electron chi connectivity index (χ2n) is 7.10. The van der Waals surface area contributed by atoms with Crippen molar-refractivity contribution < 1.29 is 9.53 Å². The molecule has 5 nitrogen and oxygen atoms in total. The molecule has 3 N–H and O–H groups in total. The predicted molar refractivity (Wildman–Crippen MR) is 112 cm³/mol. The van der Waals surface area contributed by atoms with E-state index in [0.717, 1.165) is 25.9 Å². The molecule has 2 bridgehead atoms. The van der Waals surface area contributed by atoms with Crippen LogP contribution in [0.15, 0.2) is 12.1 Å². The molecule has 1 aromatic rings. The quantitative estimate of drug-likeness (QED) is 0.588. The third-order valence-electron chi connectivity index (χ3n) is 5.18. The van der Waals surface area contributed by atoms with Crippen LogP contribution in [0.1, 0.15) is 43.5 Å². The van der Waals surface area contributed by atoms with Gasteiger partial charge in [-0.2, -0.15) is 0 Å². The van der Waals surface area contributed by atoms with Crippen LogP contribution in [0.5, 0.6) is 5.75 Å². The SMILES string of the molecule is CC#C[C@H](C)Oc1cc(N)c(Cl)cc1C(=O)N[C@H]1CCN2CCC[C@H]1C2.Cl. The van der Waals surface area contributed by atoms with Gasteiger partial charge in [-0.25, -0.2) is 0 Å². The van der Waals surface area contributed by atoms with Gasteiger partial charge in [-0.3, -0.25) is 4.79 Å².